The first-order valence-corrected chi connectivity index (χ1v) is 6.73. The molecule has 15 heavy (non-hydrogen) atoms. The second kappa shape index (κ2) is 14.3. The van der Waals surface area contributed by atoms with Crippen molar-refractivity contribution in [3.63, 3.8) is 0 Å². The van der Waals surface area contributed by atoms with Gasteiger partial charge in [-0.15, -0.1) is 0 Å². The predicted molar refractivity (Wildman–Crippen MR) is 67.5 cm³/mol. The summed E-state index contributed by atoms with van der Waals surface area (Å²) in [4.78, 5) is 0. The van der Waals surface area contributed by atoms with E-state index in [1.165, 1.54) is 12.8 Å². The maximum atomic E-state index is 5.46. The first kappa shape index (κ1) is 15.3. The molecule has 0 aliphatic heterocycles. The maximum Gasteiger partial charge on any atom is 0.0466 e. The van der Waals surface area contributed by atoms with Crippen molar-refractivity contribution in [3.05, 3.63) is 0 Å². The molecule has 1 radical (unpaired) electrons. The van der Waals surface area contributed by atoms with Gasteiger partial charge in [0.05, 0.1) is 0 Å². The first-order chi connectivity index (χ1) is 7.41. The SMILES string of the molecule is CCCCOCCCCOCCCC[S]. The lowest BCUT2D eigenvalue weighted by Crippen LogP contribution is -2.01. The Labute approximate surface area is 100 Å². The average molecular weight is 233 g/mol. The van der Waals surface area contributed by atoms with Crippen LogP contribution < -0.4 is 0 Å². The summed E-state index contributed by atoms with van der Waals surface area (Å²) in [5.74, 6) is 0.856. The maximum absolute atomic E-state index is 5.46. The molecule has 91 valence electrons. The summed E-state index contributed by atoms with van der Waals surface area (Å²) in [6.45, 7) is 5.72. The molecule has 0 aromatic heterocycles. The van der Waals surface area contributed by atoms with Gasteiger partial charge in [-0.05, 0) is 32.1 Å². The minimum absolute atomic E-state index is 0.856. The number of rotatable bonds is 12. The van der Waals surface area contributed by atoms with E-state index in [-0.39, 0.29) is 0 Å². The summed E-state index contributed by atoms with van der Waals surface area (Å²) in [5.41, 5.74) is 0. The van der Waals surface area contributed by atoms with E-state index in [2.05, 4.69) is 6.92 Å². The number of hydrogen-bond donors (Lipinski definition) is 0. The van der Waals surface area contributed by atoms with Crippen molar-refractivity contribution in [2.75, 3.05) is 32.2 Å². The molecule has 0 aromatic carbocycles. The zero-order valence-electron chi connectivity index (χ0n) is 10.0. The molecule has 0 bridgehead atoms. The summed E-state index contributed by atoms with van der Waals surface area (Å²) in [7, 11) is 0. The van der Waals surface area contributed by atoms with Crippen LogP contribution >= 0.6 is 12.6 Å². The molecule has 0 heterocycles. The Morgan fingerprint density at radius 2 is 1.20 bits per heavy atom. The molecule has 0 aliphatic rings. The molecular formula is C12H25O2S. The van der Waals surface area contributed by atoms with E-state index >= 15 is 0 Å². The van der Waals surface area contributed by atoms with Gasteiger partial charge in [0.2, 0.25) is 0 Å². The average Bonchev–Trinajstić information content (AvgIpc) is 2.26. The van der Waals surface area contributed by atoms with Crippen molar-refractivity contribution < 1.29 is 9.47 Å². The van der Waals surface area contributed by atoms with E-state index in [1.807, 2.05) is 0 Å². The normalized spacial score (nSPS) is 10.8. The molecule has 0 saturated carbocycles. The van der Waals surface area contributed by atoms with Crippen molar-refractivity contribution in [1.29, 1.82) is 0 Å². The molecule has 0 amide bonds. The minimum atomic E-state index is 0.856. The lowest BCUT2D eigenvalue weighted by molar-refractivity contribution is 0.100. The fourth-order valence-corrected chi connectivity index (χ4v) is 1.37. The van der Waals surface area contributed by atoms with Gasteiger partial charge in [-0.3, -0.25) is 0 Å². The van der Waals surface area contributed by atoms with E-state index in [0.717, 1.165) is 57.9 Å². The molecule has 0 saturated heterocycles. The van der Waals surface area contributed by atoms with Crippen LogP contribution in [0.1, 0.15) is 45.4 Å². The molecule has 0 unspecified atom stereocenters. The smallest absolute Gasteiger partial charge is 0.0466 e. The second-order valence-electron chi connectivity index (χ2n) is 3.70. The summed E-state index contributed by atoms with van der Waals surface area (Å²) in [6.07, 6.45) is 6.83. The highest BCUT2D eigenvalue weighted by Crippen LogP contribution is 1.96. The minimum Gasteiger partial charge on any atom is -0.381 e. The molecular weight excluding hydrogens is 208 g/mol. The summed E-state index contributed by atoms with van der Waals surface area (Å²) < 4.78 is 10.9. The van der Waals surface area contributed by atoms with Crippen LogP contribution in [0.3, 0.4) is 0 Å². The monoisotopic (exact) mass is 233 g/mol. The standard InChI is InChI=1S/C12H25O2S/c1-2-3-8-13-9-4-5-10-14-11-6-7-12-15/h2-12H2,1H3. The molecule has 0 aliphatic carbocycles. The summed E-state index contributed by atoms with van der Waals surface area (Å²) in [5, 5.41) is 0. The van der Waals surface area contributed by atoms with Crippen molar-refractivity contribution in [2.24, 2.45) is 0 Å². The highest BCUT2D eigenvalue weighted by Gasteiger charge is 1.91. The Bertz CT molecular complexity index is 97.8. The van der Waals surface area contributed by atoms with Crippen LogP contribution in [0.4, 0.5) is 0 Å². The summed E-state index contributed by atoms with van der Waals surface area (Å²) >= 11 is 4.85. The fourth-order valence-electron chi connectivity index (χ4n) is 1.16. The molecule has 2 nitrogen and oxygen atoms in total. The number of ether oxygens (including phenoxy) is 2. The third-order valence-electron chi connectivity index (χ3n) is 2.15. The van der Waals surface area contributed by atoms with E-state index in [9.17, 15) is 0 Å². The largest absolute Gasteiger partial charge is 0.381 e. The molecule has 0 aromatic rings. The van der Waals surface area contributed by atoms with Gasteiger partial charge in [-0.1, -0.05) is 26.0 Å². The van der Waals surface area contributed by atoms with Gasteiger partial charge in [0, 0.05) is 32.2 Å². The highest BCUT2D eigenvalue weighted by atomic mass is 32.1. The zero-order chi connectivity index (χ0) is 11.2. The van der Waals surface area contributed by atoms with Crippen LogP contribution in [-0.2, 0) is 9.47 Å². The Balaban J connectivity index is 2.81. The van der Waals surface area contributed by atoms with E-state index in [4.69, 9.17) is 22.1 Å². The quantitative estimate of drug-likeness (QED) is 0.480. The van der Waals surface area contributed by atoms with E-state index in [0.29, 0.717) is 0 Å². The van der Waals surface area contributed by atoms with Crippen molar-refractivity contribution in [2.45, 2.75) is 45.4 Å². The Kier molecular flexibility index (Phi) is 14.5. The van der Waals surface area contributed by atoms with Gasteiger partial charge in [-0.2, -0.15) is 0 Å². The molecule has 0 N–H and O–H groups in total. The van der Waals surface area contributed by atoms with E-state index < -0.39 is 0 Å². The van der Waals surface area contributed by atoms with E-state index in [1.54, 1.807) is 0 Å². The van der Waals surface area contributed by atoms with Gasteiger partial charge >= 0.3 is 0 Å². The van der Waals surface area contributed by atoms with Crippen molar-refractivity contribution >= 4 is 12.6 Å². The second-order valence-corrected chi connectivity index (χ2v) is 4.10. The highest BCUT2D eigenvalue weighted by molar-refractivity contribution is 7.80. The van der Waals surface area contributed by atoms with Crippen LogP contribution in [-0.4, -0.2) is 32.2 Å². The topological polar surface area (TPSA) is 18.5 Å². The Morgan fingerprint density at radius 3 is 1.67 bits per heavy atom. The summed E-state index contributed by atoms with van der Waals surface area (Å²) in [6, 6.07) is 0. The van der Waals surface area contributed by atoms with Gasteiger partial charge < -0.3 is 9.47 Å². The Morgan fingerprint density at radius 1 is 0.733 bits per heavy atom. The molecule has 0 spiro atoms. The lowest BCUT2D eigenvalue weighted by Gasteiger charge is -2.04. The lowest BCUT2D eigenvalue weighted by atomic mass is 10.3. The zero-order valence-corrected chi connectivity index (χ0v) is 10.8. The van der Waals surface area contributed by atoms with Crippen LogP contribution in [0.15, 0.2) is 0 Å². The first-order valence-electron chi connectivity index (χ1n) is 6.15. The molecule has 0 fully saturated rings. The fraction of sp³-hybridized carbons (Fsp3) is 1.00. The molecule has 3 heteroatoms. The third kappa shape index (κ3) is 14.3. The number of hydrogen-bond acceptors (Lipinski definition) is 2. The van der Waals surface area contributed by atoms with Gasteiger partial charge in [0.15, 0.2) is 0 Å². The van der Waals surface area contributed by atoms with Crippen LogP contribution in [0.25, 0.3) is 0 Å². The molecule has 0 rings (SSSR count). The number of unbranched alkanes of at least 4 members (excludes halogenated alkanes) is 3. The van der Waals surface area contributed by atoms with Crippen molar-refractivity contribution in [3.8, 4) is 0 Å². The predicted octanol–water partition coefficient (Wildman–Crippen LogP) is 3.58. The van der Waals surface area contributed by atoms with Crippen LogP contribution in [0.5, 0.6) is 0 Å². The van der Waals surface area contributed by atoms with Crippen LogP contribution in [0.2, 0.25) is 0 Å². The van der Waals surface area contributed by atoms with Crippen LogP contribution in [0, 0.1) is 0 Å². The Hall–Kier alpha value is 0.270. The van der Waals surface area contributed by atoms with Crippen molar-refractivity contribution in [1.82, 2.24) is 0 Å². The third-order valence-corrected chi connectivity index (χ3v) is 2.44. The van der Waals surface area contributed by atoms with Gasteiger partial charge in [0.25, 0.3) is 0 Å². The van der Waals surface area contributed by atoms with Gasteiger partial charge in [-0.25, -0.2) is 0 Å². The van der Waals surface area contributed by atoms with Gasteiger partial charge in [0.1, 0.15) is 0 Å². The molecule has 0 atom stereocenters.